The highest BCUT2D eigenvalue weighted by Gasteiger charge is 2.12. The molecule has 0 N–H and O–H groups in total. The molecule has 0 saturated carbocycles. The number of nitro groups is 1. The average molecular weight is 352 g/mol. The first kappa shape index (κ1) is 17.3. The van der Waals surface area contributed by atoms with Gasteiger partial charge in [0.1, 0.15) is 18.6 Å². The Kier molecular flexibility index (Phi) is 5.02. The fourth-order valence-electron chi connectivity index (χ4n) is 2.40. The predicted molar refractivity (Wildman–Crippen MR) is 94.1 cm³/mol. The third-order valence-corrected chi connectivity index (χ3v) is 3.64. The van der Waals surface area contributed by atoms with Crippen LogP contribution in [0.2, 0.25) is 0 Å². The standard InChI is InChI=1S/C18H16N4O4/c1-2-26-16-8-6-13(7-9-16)17(23)11-21-12-19-18(20-21)14-4-3-5-15(10-14)22(24)25/h3-10,12H,2,11H2,1H3. The van der Waals surface area contributed by atoms with Crippen LogP contribution in [0.5, 0.6) is 5.75 Å². The number of nitro benzene ring substituents is 1. The molecule has 26 heavy (non-hydrogen) atoms. The predicted octanol–water partition coefficient (Wildman–Crippen LogP) is 3.13. The van der Waals surface area contributed by atoms with Gasteiger partial charge in [0.15, 0.2) is 11.6 Å². The number of non-ortho nitro benzene ring substituents is 1. The molecular formula is C18H16N4O4. The van der Waals surface area contributed by atoms with Gasteiger partial charge in [0, 0.05) is 23.3 Å². The number of nitrogens with zero attached hydrogens (tertiary/aromatic N) is 4. The molecule has 3 aromatic rings. The van der Waals surface area contributed by atoms with Gasteiger partial charge in [-0.25, -0.2) is 9.67 Å². The molecule has 0 saturated heterocycles. The molecule has 0 amide bonds. The molecule has 0 atom stereocenters. The number of hydrogen-bond acceptors (Lipinski definition) is 6. The van der Waals surface area contributed by atoms with Crippen molar-refractivity contribution < 1.29 is 14.5 Å². The van der Waals surface area contributed by atoms with Gasteiger partial charge in [-0.1, -0.05) is 12.1 Å². The normalized spacial score (nSPS) is 10.5. The smallest absolute Gasteiger partial charge is 0.270 e. The SMILES string of the molecule is CCOc1ccc(C(=O)Cn2cnc(-c3cccc([N+](=O)[O-])c3)n2)cc1. The monoisotopic (exact) mass is 352 g/mol. The highest BCUT2D eigenvalue weighted by atomic mass is 16.6. The van der Waals surface area contributed by atoms with Crippen LogP contribution in [0, 0.1) is 10.1 Å². The zero-order chi connectivity index (χ0) is 18.5. The number of carbonyl (C=O) groups is 1. The van der Waals surface area contributed by atoms with Crippen molar-refractivity contribution in [2.45, 2.75) is 13.5 Å². The molecule has 0 radical (unpaired) electrons. The lowest BCUT2D eigenvalue weighted by Crippen LogP contribution is -2.11. The van der Waals surface area contributed by atoms with Gasteiger partial charge in [-0.05, 0) is 31.2 Å². The first-order chi connectivity index (χ1) is 12.6. The van der Waals surface area contributed by atoms with Crippen LogP contribution >= 0.6 is 0 Å². The van der Waals surface area contributed by atoms with Gasteiger partial charge >= 0.3 is 0 Å². The summed E-state index contributed by atoms with van der Waals surface area (Å²) in [4.78, 5) is 26.9. The Balaban J connectivity index is 1.72. The number of ether oxygens (including phenoxy) is 1. The van der Waals surface area contributed by atoms with E-state index in [-0.39, 0.29) is 18.0 Å². The lowest BCUT2D eigenvalue weighted by Gasteiger charge is -2.04. The van der Waals surface area contributed by atoms with E-state index in [1.807, 2.05) is 6.92 Å². The lowest BCUT2D eigenvalue weighted by molar-refractivity contribution is -0.384. The third kappa shape index (κ3) is 3.92. The fourth-order valence-corrected chi connectivity index (χ4v) is 2.40. The number of benzene rings is 2. The number of aromatic nitrogens is 3. The molecule has 2 aromatic carbocycles. The van der Waals surface area contributed by atoms with Crippen LogP contribution < -0.4 is 4.74 Å². The minimum Gasteiger partial charge on any atom is -0.494 e. The Morgan fingerprint density at radius 3 is 2.69 bits per heavy atom. The molecule has 0 unspecified atom stereocenters. The summed E-state index contributed by atoms with van der Waals surface area (Å²) in [6.07, 6.45) is 1.43. The molecule has 0 spiro atoms. The zero-order valence-corrected chi connectivity index (χ0v) is 14.0. The Morgan fingerprint density at radius 1 is 1.23 bits per heavy atom. The van der Waals surface area contributed by atoms with Gasteiger partial charge < -0.3 is 4.74 Å². The van der Waals surface area contributed by atoms with E-state index in [2.05, 4.69) is 10.1 Å². The second-order valence-electron chi connectivity index (χ2n) is 5.45. The second kappa shape index (κ2) is 7.56. The van der Waals surface area contributed by atoms with Gasteiger partial charge in [0.05, 0.1) is 11.5 Å². The molecule has 0 aliphatic rings. The van der Waals surface area contributed by atoms with Gasteiger partial charge in [-0.3, -0.25) is 14.9 Å². The lowest BCUT2D eigenvalue weighted by atomic mass is 10.1. The maximum absolute atomic E-state index is 12.4. The van der Waals surface area contributed by atoms with E-state index < -0.39 is 4.92 Å². The molecule has 8 nitrogen and oxygen atoms in total. The number of carbonyl (C=O) groups excluding carboxylic acids is 1. The van der Waals surface area contributed by atoms with Crippen molar-refractivity contribution in [3.63, 3.8) is 0 Å². The molecule has 1 heterocycles. The Hall–Kier alpha value is -3.55. The summed E-state index contributed by atoms with van der Waals surface area (Å²) in [6, 6.07) is 12.9. The molecule has 132 valence electrons. The summed E-state index contributed by atoms with van der Waals surface area (Å²) in [5.74, 6) is 0.912. The van der Waals surface area contributed by atoms with Crippen molar-refractivity contribution in [3.8, 4) is 17.1 Å². The second-order valence-corrected chi connectivity index (χ2v) is 5.45. The zero-order valence-electron chi connectivity index (χ0n) is 14.0. The summed E-state index contributed by atoms with van der Waals surface area (Å²) in [7, 11) is 0. The van der Waals surface area contributed by atoms with E-state index in [4.69, 9.17) is 4.74 Å². The molecule has 0 aliphatic carbocycles. The molecule has 0 bridgehead atoms. The third-order valence-electron chi connectivity index (χ3n) is 3.64. The number of ketones is 1. The molecule has 3 rings (SSSR count). The highest BCUT2D eigenvalue weighted by Crippen LogP contribution is 2.20. The van der Waals surface area contributed by atoms with Crippen molar-refractivity contribution in [1.29, 1.82) is 0 Å². The van der Waals surface area contributed by atoms with Crippen LogP contribution in [-0.2, 0) is 6.54 Å². The number of rotatable bonds is 7. The van der Waals surface area contributed by atoms with Gasteiger partial charge in [0.25, 0.3) is 5.69 Å². The van der Waals surface area contributed by atoms with Crippen molar-refractivity contribution in [1.82, 2.24) is 14.8 Å². The topological polar surface area (TPSA) is 100 Å². The minimum absolute atomic E-state index is 0.0237. The van der Waals surface area contributed by atoms with Gasteiger partial charge in [0.2, 0.25) is 0 Å². The summed E-state index contributed by atoms with van der Waals surface area (Å²) < 4.78 is 6.76. The van der Waals surface area contributed by atoms with Gasteiger partial charge in [-0.15, -0.1) is 0 Å². The summed E-state index contributed by atoms with van der Waals surface area (Å²) in [5, 5.41) is 15.1. The fraction of sp³-hybridized carbons (Fsp3) is 0.167. The average Bonchev–Trinajstić information content (AvgIpc) is 3.11. The number of hydrogen-bond donors (Lipinski definition) is 0. The highest BCUT2D eigenvalue weighted by molar-refractivity contribution is 5.95. The Labute approximate surface area is 149 Å². The van der Waals surface area contributed by atoms with Crippen LogP contribution in [-0.4, -0.2) is 32.1 Å². The van der Waals surface area contributed by atoms with Crippen molar-refractivity contribution in [2.24, 2.45) is 0 Å². The van der Waals surface area contributed by atoms with Crippen LogP contribution in [0.25, 0.3) is 11.4 Å². The Bertz CT molecular complexity index is 934. The molecule has 1 aromatic heterocycles. The van der Waals surface area contributed by atoms with E-state index in [0.29, 0.717) is 29.3 Å². The van der Waals surface area contributed by atoms with Crippen LogP contribution in [0.4, 0.5) is 5.69 Å². The molecule has 8 heteroatoms. The first-order valence-electron chi connectivity index (χ1n) is 7.97. The van der Waals surface area contributed by atoms with E-state index in [0.717, 1.165) is 0 Å². The van der Waals surface area contributed by atoms with Crippen LogP contribution in [0.3, 0.4) is 0 Å². The van der Waals surface area contributed by atoms with Crippen molar-refractivity contribution in [3.05, 3.63) is 70.5 Å². The van der Waals surface area contributed by atoms with E-state index >= 15 is 0 Å². The first-order valence-corrected chi connectivity index (χ1v) is 7.97. The largest absolute Gasteiger partial charge is 0.494 e. The number of Topliss-reactive ketones (excluding diaryl/α,β-unsaturated/α-hetero) is 1. The molecule has 0 aliphatic heterocycles. The Morgan fingerprint density at radius 2 is 2.00 bits per heavy atom. The van der Waals surface area contributed by atoms with Crippen molar-refractivity contribution >= 4 is 11.5 Å². The minimum atomic E-state index is -0.476. The van der Waals surface area contributed by atoms with Crippen LogP contribution in [0.1, 0.15) is 17.3 Å². The molecule has 0 fully saturated rings. The van der Waals surface area contributed by atoms with Crippen molar-refractivity contribution in [2.75, 3.05) is 6.61 Å². The van der Waals surface area contributed by atoms with E-state index in [9.17, 15) is 14.9 Å². The summed E-state index contributed by atoms with van der Waals surface area (Å²) in [5.41, 5.74) is 1.02. The quantitative estimate of drug-likeness (QED) is 0.368. The van der Waals surface area contributed by atoms with Gasteiger partial charge in [-0.2, -0.15) is 5.10 Å². The maximum atomic E-state index is 12.4. The summed E-state index contributed by atoms with van der Waals surface area (Å²) >= 11 is 0. The maximum Gasteiger partial charge on any atom is 0.270 e. The molecular weight excluding hydrogens is 336 g/mol. The van der Waals surface area contributed by atoms with Crippen LogP contribution in [0.15, 0.2) is 54.9 Å². The van der Waals surface area contributed by atoms with E-state index in [1.54, 1.807) is 36.4 Å². The summed E-state index contributed by atoms with van der Waals surface area (Å²) in [6.45, 7) is 2.48. The van der Waals surface area contributed by atoms with E-state index in [1.165, 1.54) is 23.1 Å².